The van der Waals surface area contributed by atoms with Crippen LogP contribution in [0.3, 0.4) is 0 Å². The van der Waals surface area contributed by atoms with E-state index in [1.807, 2.05) is 47.4 Å². The van der Waals surface area contributed by atoms with E-state index >= 15 is 0 Å². The Morgan fingerprint density at radius 1 is 1.22 bits per heavy atom. The van der Waals surface area contributed by atoms with Gasteiger partial charge >= 0.3 is 0 Å². The highest BCUT2D eigenvalue weighted by Crippen LogP contribution is 2.36. The summed E-state index contributed by atoms with van der Waals surface area (Å²) in [4.78, 5) is 23.2. The average Bonchev–Trinajstić information content (AvgIpc) is 3.18. The zero-order chi connectivity index (χ0) is 22.0. The number of amides is 1. The van der Waals surface area contributed by atoms with Crippen LogP contribution in [0.4, 0.5) is 0 Å². The van der Waals surface area contributed by atoms with Gasteiger partial charge in [0.15, 0.2) is 6.61 Å². The van der Waals surface area contributed by atoms with Crippen LogP contribution in [-0.4, -0.2) is 58.8 Å². The van der Waals surface area contributed by atoms with Gasteiger partial charge in [-0.15, -0.1) is 0 Å². The van der Waals surface area contributed by atoms with Gasteiger partial charge in [-0.05, 0) is 43.2 Å². The molecule has 1 amide bonds. The monoisotopic (exact) mass is 453 g/mol. The first-order valence-corrected chi connectivity index (χ1v) is 11.1. The molecule has 2 atom stereocenters. The molecule has 0 unspecified atom stereocenters. The topological polar surface area (TPSA) is 73.8 Å². The molecular weight excluding hydrogens is 430 g/mol. The van der Waals surface area contributed by atoms with Gasteiger partial charge in [-0.25, -0.2) is 9.97 Å². The van der Waals surface area contributed by atoms with Crippen molar-refractivity contribution < 1.29 is 19.0 Å². The van der Waals surface area contributed by atoms with Gasteiger partial charge in [-0.2, -0.15) is 0 Å². The van der Waals surface area contributed by atoms with Gasteiger partial charge in [-0.1, -0.05) is 29.8 Å². The van der Waals surface area contributed by atoms with E-state index in [9.17, 15) is 4.79 Å². The Hall–Kier alpha value is -2.90. The predicted octanol–water partition coefficient (Wildman–Crippen LogP) is 3.89. The van der Waals surface area contributed by atoms with Crippen molar-refractivity contribution in [3.8, 4) is 11.6 Å². The Kier molecular flexibility index (Phi) is 5.85. The Balaban J connectivity index is 1.20. The van der Waals surface area contributed by atoms with Crippen molar-refractivity contribution in [1.29, 1.82) is 0 Å². The number of carbonyl (C=O) groups excluding carboxylic acids is 1. The molecule has 32 heavy (non-hydrogen) atoms. The number of benzene rings is 2. The van der Waals surface area contributed by atoms with Crippen LogP contribution in [-0.2, 0) is 9.53 Å². The number of para-hydroxylation sites is 1. The molecule has 0 N–H and O–H groups in total. The van der Waals surface area contributed by atoms with Gasteiger partial charge in [-0.3, -0.25) is 4.79 Å². The maximum Gasteiger partial charge on any atom is 0.260 e. The maximum absolute atomic E-state index is 12.9. The lowest BCUT2D eigenvalue weighted by molar-refractivity contribution is -0.141. The standard InChI is InChI=1S/C24H24ClN3O4/c25-17-5-3-6-18(11-17)32-19-12-24(31-13-19)9-4-10-28(15-24)22(29)14-30-23-20-7-1-2-8-21(20)26-16-27-23/h1-3,5-8,11,16,19H,4,9-10,12-15H2/t19-,24-/m1/s1. The number of fused-ring (bicyclic) bond motifs is 1. The fraction of sp³-hybridized carbons (Fsp3) is 0.375. The maximum atomic E-state index is 12.9. The van der Waals surface area contributed by atoms with Crippen molar-refractivity contribution in [1.82, 2.24) is 14.9 Å². The van der Waals surface area contributed by atoms with Crippen molar-refractivity contribution in [3.63, 3.8) is 0 Å². The summed E-state index contributed by atoms with van der Waals surface area (Å²) in [5, 5.41) is 1.43. The summed E-state index contributed by atoms with van der Waals surface area (Å²) in [6.45, 7) is 1.66. The van der Waals surface area contributed by atoms with Gasteiger partial charge < -0.3 is 19.1 Å². The molecule has 1 aromatic heterocycles. The molecule has 0 bridgehead atoms. The summed E-state index contributed by atoms with van der Waals surface area (Å²) >= 11 is 6.06. The molecule has 2 aliphatic rings. The molecule has 2 fully saturated rings. The fourth-order valence-corrected chi connectivity index (χ4v) is 4.70. The minimum atomic E-state index is -0.376. The number of hydrogen-bond acceptors (Lipinski definition) is 6. The SMILES string of the molecule is O=C(COc1ncnc2ccccc12)N1CCC[C@@]2(C[C@@H](Oc3cccc(Cl)c3)CO2)C1. The predicted molar refractivity (Wildman–Crippen MR) is 120 cm³/mol. The first-order valence-electron chi connectivity index (χ1n) is 10.8. The third-order valence-corrected chi connectivity index (χ3v) is 6.24. The second kappa shape index (κ2) is 8.92. The van der Waals surface area contributed by atoms with Crippen LogP contribution in [0.5, 0.6) is 11.6 Å². The molecule has 7 nitrogen and oxygen atoms in total. The summed E-state index contributed by atoms with van der Waals surface area (Å²) in [5.41, 5.74) is 0.408. The van der Waals surface area contributed by atoms with Crippen LogP contribution in [0.2, 0.25) is 5.02 Å². The number of hydrogen-bond donors (Lipinski definition) is 0. The molecule has 5 rings (SSSR count). The Bertz CT molecular complexity index is 1120. The van der Waals surface area contributed by atoms with E-state index in [1.54, 1.807) is 6.07 Å². The van der Waals surface area contributed by atoms with E-state index < -0.39 is 0 Å². The summed E-state index contributed by atoms with van der Waals surface area (Å²) < 4.78 is 18.0. The molecule has 2 aliphatic heterocycles. The van der Waals surface area contributed by atoms with E-state index in [4.69, 9.17) is 25.8 Å². The summed E-state index contributed by atoms with van der Waals surface area (Å²) in [5.74, 6) is 1.08. The molecule has 0 saturated carbocycles. The van der Waals surface area contributed by atoms with E-state index in [2.05, 4.69) is 9.97 Å². The zero-order valence-electron chi connectivity index (χ0n) is 17.6. The van der Waals surface area contributed by atoms with Crippen molar-refractivity contribution in [2.75, 3.05) is 26.3 Å². The van der Waals surface area contributed by atoms with Crippen molar-refractivity contribution in [3.05, 3.63) is 59.9 Å². The number of piperidine rings is 1. The third-order valence-electron chi connectivity index (χ3n) is 6.00. The number of carbonyl (C=O) groups is 1. The molecule has 0 radical (unpaired) electrons. The van der Waals surface area contributed by atoms with Crippen LogP contribution < -0.4 is 9.47 Å². The first kappa shape index (κ1) is 21.0. The lowest BCUT2D eigenvalue weighted by atomic mass is 9.89. The Morgan fingerprint density at radius 3 is 3.03 bits per heavy atom. The molecular formula is C24H24ClN3O4. The zero-order valence-corrected chi connectivity index (χ0v) is 18.3. The van der Waals surface area contributed by atoms with Gasteiger partial charge in [0, 0.05) is 24.5 Å². The largest absolute Gasteiger partial charge is 0.488 e. The number of halogens is 1. The first-order chi connectivity index (χ1) is 15.6. The van der Waals surface area contributed by atoms with Gasteiger partial charge in [0.1, 0.15) is 18.2 Å². The molecule has 2 saturated heterocycles. The van der Waals surface area contributed by atoms with Crippen LogP contribution in [0.25, 0.3) is 10.9 Å². The Morgan fingerprint density at radius 2 is 2.12 bits per heavy atom. The highest BCUT2D eigenvalue weighted by molar-refractivity contribution is 6.30. The number of ether oxygens (including phenoxy) is 3. The molecule has 3 heterocycles. The van der Waals surface area contributed by atoms with E-state index in [0.29, 0.717) is 30.6 Å². The third kappa shape index (κ3) is 4.49. The Labute approximate surface area is 191 Å². The van der Waals surface area contributed by atoms with Gasteiger partial charge in [0.05, 0.1) is 23.1 Å². The normalized spacial score (nSPS) is 22.9. The molecule has 0 aliphatic carbocycles. The highest BCUT2D eigenvalue weighted by Gasteiger charge is 2.45. The number of nitrogens with zero attached hydrogens (tertiary/aromatic N) is 3. The highest BCUT2D eigenvalue weighted by atomic mass is 35.5. The minimum Gasteiger partial charge on any atom is -0.488 e. The second-order valence-electron chi connectivity index (χ2n) is 8.30. The summed E-state index contributed by atoms with van der Waals surface area (Å²) in [6.07, 6.45) is 3.91. The van der Waals surface area contributed by atoms with Crippen LogP contribution >= 0.6 is 11.6 Å². The van der Waals surface area contributed by atoms with Gasteiger partial charge in [0.25, 0.3) is 5.91 Å². The van der Waals surface area contributed by atoms with Crippen LogP contribution in [0.15, 0.2) is 54.9 Å². The summed E-state index contributed by atoms with van der Waals surface area (Å²) in [7, 11) is 0. The molecule has 2 aromatic carbocycles. The van der Waals surface area contributed by atoms with E-state index in [0.717, 1.165) is 35.9 Å². The van der Waals surface area contributed by atoms with Crippen LogP contribution in [0.1, 0.15) is 19.3 Å². The van der Waals surface area contributed by atoms with Crippen LogP contribution in [0, 0.1) is 0 Å². The van der Waals surface area contributed by atoms with E-state index in [1.165, 1.54) is 6.33 Å². The lowest BCUT2D eigenvalue weighted by Gasteiger charge is -2.39. The smallest absolute Gasteiger partial charge is 0.260 e. The number of rotatable bonds is 5. The van der Waals surface area contributed by atoms with Crippen molar-refractivity contribution >= 4 is 28.4 Å². The number of aromatic nitrogens is 2. The van der Waals surface area contributed by atoms with Gasteiger partial charge in [0.2, 0.25) is 5.88 Å². The van der Waals surface area contributed by atoms with Crippen molar-refractivity contribution in [2.45, 2.75) is 31.0 Å². The average molecular weight is 454 g/mol. The molecule has 8 heteroatoms. The lowest BCUT2D eigenvalue weighted by Crippen LogP contribution is -2.51. The summed E-state index contributed by atoms with van der Waals surface area (Å²) in [6, 6.07) is 15.0. The molecule has 166 valence electrons. The van der Waals surface area contributed by atoms with Crippen molar-refractivity contribution in [2.24, 2.45) is 0 Å². The second-order valence-corrected chi connectivity index (χ2v) is 8.74. The quantitative estimate of drug-likeness (QED) is 0.583. The molecule has 1 spiro atoms. The van der Waals surface area contributed by atoms with E-state index in [-0.39, 0.29) is 24.2 Å². The number of likely N-dealkylation sites (tertiary alicyclic amines) is 1. The fourth-order valence-electron chi connectivity index (χ4n) is 4.52. The minimum absolute atomic E-state index is 0.0628. The molecule has 3 aromatic rings.